The number of rotatable bonds is 5. The number of urea groups is 1. The van der Waals surface area contributed by atoms with Gasteiger partial charge in [-0.15, -0.1) is 0 Å². The first-order chi connectivity index (χ1) is 10.3. The van der Waals surface area contributed by atoms with Gasteiger partial charge in [-0.3, -0.25) is 0 Å². The van der Waals surface area contributed by atoms with Crippen LogP contribution in [-0.2, 0) is 0 Å². The Bertz CT molecular complexity index is 632. The molecule has 0 aromatic heterocycles. The van der Waals surface area contributed by atoms with Crippen molar-refractivity contribution in [1.82, 2.24) is 5.32 Å². The molecular formula is C17H20N2O2. The maximum Gasteiger partial charge on any atom is 0.319 e. The summed E-state index contributed by atoms with van der Waals surface area (Å²) in [6.07, 6.45) is 2.89. The molecule has 1 saturated carbocycles. The summed E-state index contributed by atoms with van der Waals surface area (Å²) in [6, 6.07) is 13.7. The van der Waals surface area contributed by atoms with E-state index in [0.29, 0.717) is 12.3 Å². The van der Waals surface area contributed by atoms with Gasteiger partial charge in [-0.1, -0.05) is 36.4 Å². The normalized spacial score (nSPS) is 15.7. The summed E-state index contributed by atoms with van der Waals surface area (Å²) in [7, 11) is 0. The minimum atomic E-state index is -0.197. The molecule has 2 aromatic carbocycles. The standard InChI is InChI=1S/C17H20N2O2/c20-11-10-15(13-8-9-13)18-17(21)19-16-7-3-5-12-4-1-2-6-14(12)16/h1-7,13,15,20H,8-11H2,(H2,18,19,21)/t15-/m0/s1. The number of amides is 2. The van der Waals surface area contributed by atoms with E-state index in [-0.39, 0.29) is 18.7 Å². The number of nitrogens with one attached hydrogen (secondary N) is 2. The Hall–Kier alpha value is -2.07. The molecule has 0 radical (unpaired) electrons. The van der Waals surface area contributed by atoms with Gasteiger partial charge in [-0.05, 0) is 36.6 Å². The van der Waals surface area contributed by atoms with E-state index < -0.39 is 0 Å². The number of hydrogen-bond donors (Lipinski definition) is 3. The molecule has 110 valence electrons. The Balaban J connectivity index is 1.71. The monoisotopic (exact) mass is 284 g/mol. The van der Waals surface area contributed by atoms with Crippen LogP contribution in [0.1, 0.15) is 19.3 Å². The van der Waals surface area contributed by atoms with E-state index in [9.17, 15) is 4.79 Å². The van der Waals surface area contributed by atoms with Crippen LogP contribution >= 0.6 is 0 Å². The van der Waals surface area contributed by atoms with Crippen LogP contribution in [0.2, 0.25) is 0 Å². The molecule has 2 amide bonds. The molecule has 21 heavy (non-hydrogen) atoms. The number of carbonyl (C=O) groups is 1. The Kier molecular flexibility index (Phi) is 4.06. The van der Waals surface area contributed by atoms with Crippen LogP contribution in [-0.4, -0.2) is 23.8 Å². The van der Waals surface area contributed by atoms with Gasteiger partial charge < -0.3 is 15.7 Å². The fraction of sp³-hybridized carbons (Fsp3) is 0.353. The van der Waals surface area contributed by atoms with Crippen LogP contribution < -0.4 is 10.6 Å². The van der Waals surface area contributed by atoms with Gasteiger partial charge in [0.2, 0.25) is 0 Å². The number of aliphatic hydroxyl groups is 1. The molecule has 0 unspecified atom stereocenters. The molecule has 0 spiro atoms. The lowest BCUT2D eigenvalue weighted by Crippen LogP contribution is -2.39. The van der Waals surface area contributed by atoms with E-state index in [1.165, 1.54) is 0 Å². The molecule has 3 N–H and O–H groups in total. The second kappa shape index (κ2) is 6.14. The van der Waals surface area contributed by atoms with Gasteiger partial charge in [-0.25, -0.2) is 4.79 Å². The zero-order valence-electron chi connectivity index (χ0n) is 11.9. The second-order valence-corrected chi connectivity index (χ2v) is 5.58. The largest absolute Gasteiger partial charge is 0.396 e. The minimum absolute atomic E-state index is 0.0741. The van der Waals surface area contributed by atoms with Gasteiger partial charge in [0.15, 0.2) is 0 Å². The van der Waals surface area contributed by atoms with Crippen molar-refractivity contribution in [2.24, 2.45) is 5.92 Å². The van der Waals surface area contributed by atoms with Crippen molar-refractivity contribution < 1.29 is 9.90 Å². The maximum absolute atomic E-state index is 12.2. The molecule has 0 saturated heterocycles. The highest BCUT2D eigenvalue weighted by atomic mass is 16.3. The highest BCUT2D eigenvalue weighted by Crippen LogP contribution is 2.34. The van der Waals surface area contributed by atoms with Crippen LogP contribution in [0.5, 0.6) is 0 Å². The molecule has 1 fully saturated rings. The molecule has 2 aromatic rings. The topological polar surface area (TPSA) is 61.4 Å². The quantitative estimate of drug-likeness (QED) is 0.790. The van der Waals surface area contributed by atoms with Gasteiger partial charge in [0.1, 0.15) is 0 Å². The van der Waals surface area contributed by atoms with Crippen LogP contribution in [0.25, 0.3) is 10.8 Å². The Morgan fingerprint density at radius 2 is 1.95 bits per heavy atom. The molecule has 4 heteroatoms. The zero-order valence-corrected chi connectivity index (χ0v) is 11.9. The predicted octanol–water partition coefficient (Wildman–Crippen LogP) is 3.12. The molecule has 0 heterocycles. The summed E-state index contributed by atoms with van der Waals surface area (Å²) in [5.74, 6) is 0.524. The van der Waals surface area contributed by atoms with Crippen molar-refractivity contribution in [3.8, 4) is 0 Å². The lowest BCUT2D eigenvalue weighted by molar-refractivity contribution is 0.234. The van der Waals surface area contributed by atoms with Crippen LogP contribution in [0.3, 0.4) is 0 Å². The fourth-order valence-corrected chi connectivity index (χ4v) is 2.72. The summed E-state index contributed by atoms with van der Waals surface area (Å²) >= 11 is 0. The maximum atomic E-state index is 12.2. The summed E-state index contributed by atoms with van der Waals surface area (Å²) in [6.45, 7) is 0.107. The van der Waals surface area contributed by atoms with Crippen LogP contribution in [0.15, 0.2) is 42.5 Å². The number of aliphatic hydroxyl groups excluding tert-OH is 1. The fourth-order valence-electron chi connectivity index (χ4n) is 2.72. The Morgan fingerprint density at radius 3 is 2.71 bits per heavy atom. The van der Waals surface area contributed by atoms with Gasteiger partial charge >= 0.3 is 6.03 Å². The van der Waals surface area contributed by atoms with E-state index in [1.807, 2.05) is 42.5 Å². The smallest absolute Gasteiger partial charge is 0.319 e. The van der Waals surface area contributed by atoms with E-state index in [4.69, 9.17) is 5.11 Å². The Labute approximate surface area is 124 Å². The minimum Gasteiger partial charge on any atom is -0.396 e. The first-order valence-corrected chi connectivity index (χ1v) is 7.44. The number of fused-ring (bicyclic) bond motifs is 1. The van der Waals surface area contributed by atoms with Gasteiger partial charge in [-0.2, -0.15) is 0 Å². The van der Waals surface area contributed by atoms with E-state index >= 15 is 0 Å². The second-order valence-electron chi connectivity index (χ2n) is 5.58. The molecule has 1 aliphatic rings. The third-order valence-corrected chi connectivity index (χ3v) is 3.99. The number of carbonyl (C=O) groups excluding carboxylic acids is 1. The molecule has 3 rings (SSSR count). The third-order valence-electron chi connectivity index (χ3n) is 3.99. The summed E-state index contributed by atoms with van der Waals surface area (Å²) < 4.78 is 0. The average Bonchev–Trinajstić information content (AvgIpc) is 3.32. The van der Waals surface area contributed by atoms with E-state index in [2.05, 4.69) is 10.6 Å². The lowest BCUT2D eigenvalue weighted by Gasteiger charge is -2.18. The van der Waals surface area contributed by atoms with Crippen molar-refractivity contribution >= 4 is 22.5 Å². The number of hydrogen-bond acceptors (Lipinski definition) is 2. The molecule has 1 aliphatic carbocycles. The van der Waals surface area contributed by atoms with Crippen molar-refractivity contribution in [3.63, 3.8) is 0 Å². The van der Waals surface area contributed by atoms with Gasteiger partial charge in [0, 0.05) is 18.0 Å². The molecule has 0 aliphatic heterocycles. The van der Waals surface area contributed by atoms with E-state index in [1.54, 1.807) is 0 Å². The van der Waals surface area contributed by atoms with Crippen molar-refractivity contribution in [1.29, 1.82) is 0 Å². The molecule has 4 nitrogen and oxygen atoms in total. The summed E-state index contributed by atoms with van der Waals surface area (Å²) in [4.78, 5) is 12.2. The zero-order chi connectivity index (χ0) is 14.7. The third kappa shape index (κ3) is 3.34. The molecule has 0 bridgehead atoms. The summed E-state index contributed by atoms with van der Waals surface area (Å²) in [5, 5.41) is 17.1. The highest BCUT2D eigenvalue weighted by molar-refractivity contribution is 6.01. The van der Waals surface area contributed by atoms with Crippen molar-refractivity contribution in [2.75, 3.05) is 11.9 Å². The molecule has 1 atom stereocenters. The van der Waals surface area contributed by atoms with Gasteiger partial charge in [0.05, 0.1) is 5.69 Å². The van der Waals surface area contributed by atoms with Crippen molar-refractivity contribution in [3.05, 3.63) is 42.5 Å². The Morgan fingerprint density at radius 1 is 1.19 bits per heavy atom. The highest BCUT2D eigenvalue weighted by Gasteiger charge is 2.31. The number of anilines is 1. The predicted molar refractivity (Wildman–Crippen MR) is 84.3 cm³/mol. The lowest BCUT2D eigenvalue weighted by atomic mass is 10.1. The summed E-state index contributed by atoms with van der Waals surface area (Å²) in [5.41, 5.74) is 0.809. The van der Waals surface area contributed by atoms with Crippen LogP contribution in [0, 0.1) is 5.92 Å². The molecular weight excluding hydrogens is 264 g/mol. The number of benzene rings is 2. The van der Waals surface area contributed by atoms with Crippen molar-refractivity contribution in [2.45, 2.75) is 25.3 Å². The van der Waals surface area contributed by atoms with Gasteiger partial charge in [0.25, 0.3) is 0 Å². The first kappa shape index (κ1) is 13.9. The SMILES string of the molecule is O=C(Nc1cccc2ccccc12)N[C@@H](CCO)C1CC1. The van der Waals surface area contributed by atoms with E-state index in [0.717, 1.165) is 29.3 Å². The average molecular weight is 284 g/mol. The first-order valence-electron chi connectivity index (χ1n) is 7.44. The van der Waals surface area contributed by atoms with Crippen LogP contribution in [0.4, 0.5) is 10.5 Å².